The highest BCUT2D eigenvalue weighted by Crippen LogP contribution is 2.11. The Hall–Kier alpha value is -0.550. The molecule has 2 N–H and O–H groups in total. The van der Waals surface area contributed by atoms with Gasteiger partial charge < -0.3 is 5.73 Å². The van der Waals surface area contributed by atoms with Crippen molar-refractivity contribution in [2.75, 3.05) is 0 Å². The summed E-state index contributed by atoms with van der Waals surface area (Å²) in [7, 11) is 0. The van der Waals surface area contributed by atoms with Crippen LogP contribution < -0.4 is 5.73 Å². The van der Waals surface area contributed by atoms with Gasteiger partial charge in [-0.25, -0.2) is 0 Å². The molecule has 0 aliphatic heterocycles. The van der Waals surface area contributed by atoms with Crippen LogP contribution in [0.25, 0.3) is 0 Å². The van der Waals surface area contributed by atoms with Gasteiger partial charge in [-0.15, -0.1) is 0 Å². The smallest absolute Gasteiger partial charge is 0.101 e. The molecule has 0 aliphatic carbocycles. The van der Waals surface area contributed by atoms with Gasteiger partial charge in [0.05, 0.1) is 6.07 Å². The van der Waals surface area contributed by atoms with Crippen LogP contribution >= 0.6 is 0 Å². The largest absolute Gasteiger partial charge is 0.314 e. The maximum Gasteiger partial charge on any atom is 0.101 e. The van der Waals surface area contributed by atoms with Crippen LogP contribution in [-0.4, -0.2) is 5.54 Å². The fraction of sp³-hybridized carbons (Fsp3) is 0.857. The van der Waals surface area contributed by atoms with Crippen LogP contribution in [0.2, 0.25) is 0 Å². The number of hydrogen-bond acceptors (Lipinski definition) is 2. The summed E-state index contributed by atoms with van der Waals surface area (Å²) in [6.45, 7) is 5.87. The van der Waals surface area contributed by atoms with Crippen LogP contribution in [0.1, 0.15) is 27.2 Å². The average molecular weight is 126 g/mol. The minimum absolute atomic E-state index is 0.500. The predicted molar refractivity (Wildman–Crippen MR) is 37.7 cm³/mol. The molecule has 52 valence electrons. The molecule has 0 aromatic rings. The van der Waals surface area contributed by atoms with Crippen LogP contribution in [0.4, 0.5) is 0 Å². The highest BCUT2D eigenvalue weighted by atomic mass is 14.7. The molecule has 0 aromatic carbocycles. The lowest BCUT2D eigenvalue weighted by Crippen LogP contribution is -2.35. The number of hydrogen-bond donors (Lipinski definition) is 1. The molecule has 0 radical (unpaired) electrons. The fourth-order valence-corrected chi connectivity index (χ4v) is 0.894. The van der Waals surface area contributed by atoms with Crippen molar-refractivity contribution in [2.45, 2.75) is 32.7 Å². The summed E-state index contributed by atoms with van der Waals surface area (Å²) in [6.07, 6.45) is 0.767. The lowest BCUT2D eigenvalue weighted by atomic mass is 9.94. The topological polar surface area (TPSA) is 49.8 Å². The molecule has 1 atom stereocenters. The van der Waals surface area contributed by atoms with Gasteiger partial charge in [0.1, 0.15) is 5.54 Å². The van der Waals surface area contributed by atoms with E-state index in [0.717, 1.165) is 6.42 Å². The quantitative estimate of drug-likeness (QED) is 0.605. The lowest BCUT2D eigenvalue weighted by molar-refractivity contribution is 0.448. The van der Waals surface area contributed by atoms with E-state index < -0.39 is 5.54 Å². The summed E-state index contributed by atoms with van der Waals surface area (Å²) in [6, 6.07) is 2.05. The Labute approximate surface area is 56.7 Å². The molecule has 9 heavy (non-hydrogen) atoms. The zero-order chi connectivity index (χ0) is 7.49. The zero-order valence-electron chi connectivity index (χ0n) is 6.31. The number of nitriles is 1. The summed E-state index contributed by atoms with van der Waals surface area (Å²) in [4.78, 5) is 0. The first-order chi connectivity index (χ1) is 3.98. The second kappa shape index (κ2) is 2.84. The molecule has 0 spiro atoms. The van der Waals surface area contributed by atoms with Crippen molar-refractivity contribution in [1.29, 1.82) is 5.26 Å². The van der Waals surface area contributed by atoms with Crippen molar-refractivity contribution in [3.63, 3.8) is 0 Å². The van der Waals surface area contributed by atoms with Gasteiger partial charge in [0, 0.05) is 0 Å². The third-order valence-electron chi connectivity index (χ3n) is 1.09. The Kier molecular flexibility index (Phi) is 2.66. The molecule has 0 saturated carbocycles. The number of nitrogens with two attached hydrogens (primary N) is 1. The predicted octanol–water partition coefficient (Wildman–Crippen LogP) is 1.27. The summed E-state index contributed by atoms with van der Waals surface area (Å²) in [5.41, 5.74) is 4.93. The molecule has 0 fully saturated rings. The van der Waals surface area contributed by atoms with Gasteiger partial charge >= 0.3 is 0 Å². The van der Waals surface area contributed by atoms with E-state index in [2.05, 4.69) is 19.9 Å². The molecule has 2 nitrogen and oxygen atoms in total. The first-order valence-corrected chi connectivity index (χ1v) is 3.18. The fourth-order valence-electron chi connectivity index (χ4n) is 0.894. The second-order valence-electron chi connectivity index (χ2n) is 3.13. The molecule has 0 saturated heterocycles. The highest BCUT2D eigenvalue weighted by Gasteiger charge is 2.17. The first-order valence-electron chi connectivity index (χ1n) is 3.18. The van der Waals surface area contributed by atoms with Gasteiger partial charge in [0.15, 0.2) is 0 Å². The second-order valence-corrected chi connectivity index (χ2v) is 3.13. The van der Waals surface area contributed by atoms with Gasteiger partial charge in [-0.2, -0.15) is 5.26 Å². The van der Waals surface area contributed by atoms with E-state index in [1.165, 1.54) is 0 Å². The molecule has 0 unspecified atom stereocenters. The van der Waals surface area contributed by atoms with Crippen LogP contribution in [-0.2, 0) is 0 Å². The van der Waals surface area contributed by atoms with Crippen molar-refractivity contribution in [1.82, 2.24) is 0 Å². The summed E-state index contributed by atoms with van der Waals surface area (Å²) in [5, 5.41) is 8.47. The Bertz CT molecular complexity index is 119. The minimum Gasteiger partial charge on any atom is -0.314 e. The van der Waals surface area contributed by atoms with E-state index in [4.69, 9.17) is 11.0 Å². The molecule has 0 aromatic heterocycles. The van der Waals surface area contributed by atoms with Gasteiger partial charge in [-0.3, -0.25) is 0 Å². The Morgan fingerprint density at radius 2 is 2.11 bits per heavy atom. The third-order valence-corrected chi connectivity index (χ3v) is 1.09. The van der Waals surface area contributed by atoms with Gasteiger partial charge in [0.2, 0.25) is 0 Å². The molecular formula is C7H14N2. The normalized spacial score (nSPS) is 16.9. The van der Waals surface area contributed by atoms with Crippen molar-refractivity contribution in [3.05, 3.63) is 0 Å². The van der Waals surface area contributed by atoms with Gasteiger partial charge in [-0.05, 0) is 19.3 Å². The van der Waals surface area contributed by atoms with E-state index in [1.807, 2.05) is 0 Å². The number of nitrogens with zero attached hydrogens (tertiary/aromatic N) is 1. The highest BCUT2D eigenvalue weighted by molar-refractivity contribution is 5.00. The van der Waals surface area contributed by atoms with Gasteiger partial charge in [0.25, 0.3) is 0 Å². The summed E-state index contributed by atoms with van der Waals surface area (Å²) >= 11 is 0. The SMILES string of the molecule is CC(C)C[C@@](C)(N)C#N. The minimum atomic E-state index is -0.631. The van der Waals surface area contributed by atoms with E-state index >= 15 is 0 Å². The monoisotopic (exact) mass is 126 g/mol. The number of rotatable bonds is 2. The molecule has 0 aliphatic rings. The molecule has 0 bridgehead atoms. The van der Waals surface area contributed by atoms with Crippen LogP contribution in [0.5, 0.6) is 0 Å². The summed E-state index contributed by atoms with van der Waals surface area (Å²) in [5.74, 6) is 0.500. The Morgan fingerprint density at radius 3 is 2.22 bits per heavy atom. The van der Waals surface area contributed by atoms with Crippen LogP contribution in [0.3, 0.4) is 0 Å². The van der Waals surface area contributed by atoms with E-state index in [0.29, 0.717) is 5.92 Å². The van der Waals surface area contributed by atoms with E-state index in [1.54, 1.807) is 6.92 Å². The summed E-state index contributed by atoms with van der Waals surface area (Å²) < 4.78 is 0. The van der Waals surface area contributed by atoms with Gasteiger partial charge in [-0.1, -0.05) is 13.8 Å². The van der Waals surface area contributed by atoms with Crippen LogP contribution in [0.15, 0.2) is 0 Å². The third kappa shape index (κ3) is 3.99. The van der Waals surface area contributed by atoms with Crippen molar-refractivity contribution >= 4 is 0 Å². The molecule has 0 heterocycles. The Morgan fingerprint density at radius 1 is 1.67 bits per heavy atom. The van der Waals surface area contributed by atoms with E-state index in [9.17, 15) is 0 Å². The zero-order valence-corrected chi connectivity index (χ0v) is 6.31. The van der Waals surface area contributed by atoms with Crippen molar-refractivity contribution in [2.24, 2.45) is 11.7 Å². The van der Waals surface area contributed by atoms with Crippen molar-refractivity contribution < 1.29 is 0 Å². The molecule has 0 rings (SSSR count). The van der Waals surface area contributed by atoms with Crippen LogP contribution in [0, 0.1) is 17.2 Å². The lowest BCUT2D eigenvalue weighted by Gasteiger charge is -2.16. The standard InChI is InChI=1S/C7H14N2/c1-6(2)4-7(3,9)5-8/h6H,4,9H2,1-3H3/t7-/m1/s1. The average Bonchev–Trinajstić information content (AvgIpc) is 1.63. The maximum atomic E-state index is 8.47. The molecule has 0 amide bonds. The maximum absolute atomic E-state index is 8.47. The first kappa shape index (κ1) is 8.45. The molecule has 2 heteroatoms. The van der Waals surface area contributed by atoms with Crippen molar-refractivity contribution in [3.8, 4) is 6.07 Å². The molecular weight excluding hydrogens is 112 g/mol. The van der Waals surface area contributed by atoms with E-state index in [-0.39, 0.29) is 0 Å². The Balaban J connectivity index is 3.76.